The normalized spacial score (nSPS) is 16.9. The van der Waals surface area contributed by atoms with E-state index in [0.29, 0.717) is 17.1 Å². The fraction of sp³-hybridized carbons (Fsp3) is 0.231. The average molecular weight is 295 g/mol. The molecule has 0 saturated carbocycles. The van der Waals surface area contributed by atoms with Gasteiger partial charge in [0, 0.05) is 0 Å². The molecular weight excluding hydrogens is 282 g/mol. The zero-order chi connectivity index (χ0) is 14.7. The van der Waals surface area contributed by atoms with Crippen LogP contribution in [-0.4, -0.2) is 42.1 Å². The van der Waals surface area contributed by atoms with Crippen molar-refractivity contribution < 1.29 is 24.2 Å². The fourth-order valence-corrected chi connectivity index (χ4v) is 2.55. The van der Waals surface area contributed by atoms with E-state index in [1.165, 1.54) is 14.2 Å². The first kappa shape index (κ1) is 14.4. The summed E-state index contributed by atoms with van der Waals surface area (Å²) in [5, 5.41) is 8.47. The van der Waals surface area contributed by atoms with Crippen LogP contribution in [0, 0.1) is 0 Å². The van der Waals surface area contributed by atoms with E-state index in [-0.39, 0.29) is 4.91 Å². The predicted molar refractivity (Wildman–Crippen MR) is 74.4 cm³/mol. The number of carbonyl (C=O) groups is 2. The highest BCUT2D eigenvalue weighted by molar-refractivity contribution is 8.18. The molecule has 106 valence electrons. The van der Waals surface area contributed by atoms with E-state index in [1.807, 2.05) is 0 Å². The number of benzene rings is 1. The van der Waals surface area contributed by atoms with Crippen molar-refractivity contribution in [2.45, 2.75) is 0 Å². The van der Waals surface area contributed by atoms with Gasteiger partial charge >= 0.3 is 0 Å². The van der Waals surface area contributed by atoms with Gasteiger partial charge in [0.25, 0.3) is 11.1 Å². The van der Waals surface area contributed by atoms with Gasteiger partial charge in [0.15, 0.2) is 11.5 Å². The molecule has 2 rings (SSSR count). The molecule has 0 aromatic heterocycles. The molecule has 0 bridgehead atoms. The van der Waals surface area contributed by atoms with Gasteiger partial charge in [-0.15, -0.1) is 0 Å². The lowest BCUT2D eigenvalue weighted by molar-refractivity contribution is -0.125. The Morgan fingerprint density at radius 3 is 2.50 bits per heavy atom. The van der Waals surface area contributed by atoms with Gasteiger partial charge in [0.05, 0.1) is 19.1 Å². The van der Waals surface area contributed by atoms with Crippen LogP contribution in [0.25, 0.3) is 6.08 Å². The molecule has 1 aromatic carbocycles. The number of amides is 2. The van der Waals surface area contributed by atoms with Crippen LogP contribution >= 0.6 is 11.8 Å². The number of imide groups is 1. The molecule has 1 fully saturated rings. The summed E-state index contributed by atoms with van der Waals surface area (Å²) in [6, 6.07) is 5.15. The smallest absolute Gasteiger partial charge is 0.295 e. The van der Waals surface area contributed by atoms with E-state index in [9.17, 15) is 9.59 Å². The molecule has 0 atom stereocenters. The third kappa shape index (κ3) is 2.63. The molecule has 1 aliphatic heterocycles. The summed E-state index contributed by atoms with van der Waals surface area (Å²) < 4.78 is 10.3. The summed E-state index contributed by atoms with van der Waals surface area (Å²) in [5.41, 5.74) is 0.700. The summed E-state index contributed by atoms with van der Waals surface area (Å²) in [6.45, 7) is -0.617. The Balaban J connectivity index is 2.32. The van der Waals surface area contributed by atoms with Crippen molar-refractivity contribution in [3.63, 3.8) is 0 Å². The number of carbonyl (C=O) groups excluding carboxylic acids is 2. The second-order valence-corrected chi connectivity index (χ2v) is 4.86. The van der Waals surface area contributed by atoms with Crippen molar-refractivity contribution in [1.29, 1.82) is 0 Å². The summed E-state index contributed by atoms with van der Waals surface area (Å²) in [5.74, 6) is 0.605. The van der Waals surface area contributed by atoms with E-state index < -0.39 is 17.9 Å². The minimum absolute atomic E-state index is 0.260. The largest absolute Gasteiger partial charge is 0.493 e. The second kappa shape index (κ2) is 5.98. The molecule has 1 saturated heterocycles. The van der Waals surface area contributed by atoms with E-state index in [1.54, 1.807) is 24.3 Å². The van der Waals surface area contributed by atoms with Crippen LogP contribution in [0.5, 0.6) is 11.5 Å². The number of aliphatic hydroxyl groups excluding tert-OH is 1. The number of methoxy groups -OCH3 is 2. The molecule has 7 heteroatoms. The lowest BCUT2D eigenvalue weighted by atomic mass is 10.2. The van der Waals surface area contributed by atoms with Crippen molar-refractivity contribution in [1.82, 2.24) is 4.90 Å². The molecule has 6 nitrogen and oxygen atoms in total. The van der Waals surface area contributed by atoms with Crippen LogP contribution in [0.3, 0.4) is 0 Å². The zero-order valence-corrected chi connectivity index (χ0v) is 11.8. The maximum Gasteiger partial charge on any atom is 0.295 e. The molecular formula is C13H13NO5S. The lowest BCUT2D eigenvalue weighted by Gasteiger charge is -2.08. The molecule has 2 amide bonds. The van der Waals surface area contributed by atoms with Crippen molar-refractivity contribution in [2.75, 3.05) is 21.0 Å². The van der Waals surface area contributed by atoms with Crippen molar-refractivity contribution >= 4 is 29.0 Å². The molecule has 1 heterocycles. The van der Waals surface area contributed by atoms with Gasteiger partial charge in [-0.1, -0.05) is 6.07 Å². The Bertz CT molecular complexity index is 584. The van der Waals surface area contributed by atoms with Crippen LogP contribution in [-0.2, 0) is 4.79 Å². The van der Waals surface area contributed by atoms with Crippen LogP contribution in [0.2, 0.25) is 0 Å². The number of thioether (sulfide) groups is 1. The lowest BCUT2D eigenvalue weighted by Crippen LogP contribution is -2.28. The topological polar surface area (TPSA) is 76.1 Å². The van der Waals surface area contributed by atoms with Gasteiger partial charge in [-0.3, -0.25) is 9.59 Å². The Hall–Kier alpha value is -1.99. The Labute approximate surface area is 120 Å². The molecule has 0 unspecified atom stereocenters. The highest BCUT2D eigenvalue weighted by atomic mass is 32.2. The van der Waals surface area contributed by atoms with E-state index in [4.69, 9.17) is 14.6 Å². The second-order valence-electron chi connectivity index (χ2n) is 3.87. The predicted octanol–water partition coefficient (Wildman–Crippen LogP) is 1.69. The average Bonchev–Trinajstić information content (AvgIpc) is 2.72. The number of nitrogens with zero attached hydrogens (tertiary/aromatic N) is 1. The van der Waals surface area contributed by atoms with Gasteiger partial charge < -0.3 is 14.6 Å². The van der Waals surface area contributed by atoms with E-state index in [2.05, 4.69) is 0 Å². The first-order chi connectivity index (χ1) is 9.60. The van der Waals surface area contributed by atoms with Gasteiger partial charge in [0.1, 0.15) is 6.73 Å². The van der Waals surface area contributed by atoms with Crippen LogP contribution < -0.4 is 9.47 Å². The number of aliphatic hydroxyl groups is 1. The van der Waals surface area contributed by atoms with Crippen molar-refractivity contribution in [3.05, 3.63) is 28.7 Å². The summed E-state index contributed by atoms with van der Waals surface area (Å²) in [7, 11) is 3.05. The summed E-state index contributed by atoms with van der Waals surface area (Å²) in [6.07, 6.45) is 1.57. The fourth-order valence-electron chi connectivity index (χ4n) is 1.72. The van der Waals surface area contributed by atoms with Gasteiger partial charge in [-0.2, -0.15) is 0 Å². The maximum atomic E-state index is 11.8. The van der Waals surface area contributed by atoms with Gasteiger partial charge in [-0.25, -0.2) is 4.90 Å². The number of rotatable bonds is 4. The first-order valence-corrected chi connectivity index (χ1v) is 6.50. The molecule has 0 spiro atoms. The van der Waals surface area contributed by atoms with Crippen LogP contribution in [0.4, 0.5) is 4.79 Å². The molecule has 0 aliphatic carbocycles. The molecule has 0 radical (unpaired) electrons. The highest BCUT2D eigenvalue weighted by Crippen LogP contribution is 2.34. The Morgan fingerprint density at radius 1 is 1.25 bits per heavy atom. The molecule has 1 aliphatic rings. The standard InChI is InChI=1S/C13H13NO5S/c1-18-9-4-3-8(5-10(9)19-2)6-11-12(16)14(7-15)13(17)20-11/h3-6,15H,7H2,1-2H3. The number of hydrogen-bond donors (Lipinski definition) is 1. The van der Waals surface area contributed by atoms with Crippen molar-refractivity contribution in [3.8, 4) is 11.5 Å². The Morgan fingerprint density at radius 2 is 1.95 bits per heavy atom. The summed E-state index contributed by atoms with van der Waals surface area (Å²) >= 11 is 0.791. The van der Waals surface area contributed by atoms with Gasteiger partial charge in [0.2, 0.25) is 0 Å². The third-order valence-electron chi connectivity index (χ3n) is 2.72. The minimum atomic E-state index is -0.617. The molecule has 20 heavy (non-hydrogen) atoms. The highest BCUT2D eigenvalue weighted by Gasteiger charge is 2.34. The molecule has 1 N–H and O–H groups in total. The first-order valence-electron chi connectivity index (χ1n) is 5.69. The van der Waals surface area contributed by atoms with Crippen LogP contribution in [0.15, 0.2) is 23.1 Å². The maximum absolute atomic E-state index is 11.8. The van der Waals surface area contributed by atoms with Crippen molar-refractivity contribution in [2.24, 2.45) is 0 Å². The van der Waals surface area contributed by atoms with E-state index in [0.717, 1.165) is 16.7 Å². The number of ether oxygens (including phenoxy) is 2. The monoisotopic (exact) mass is 295 g/mol. The number of hydrogen-bond acceptors (Lipinski definition) is 6. The van der Waals surface area contributed by atoms with E-state index >= 15 is 0 Å². The SMILES string of the molecule is COc1ccc(C=C2SC(=O)N(CO)C2=O)cc1OC. The van der Waals surface area contributed by atoms with Gasteiger partial charge in [-0.05, 0) is 35.5 Å². The van der Waals surface area contributed by atoms with Crippen LogP contribution in [0.1, 0.15) is 5.56 Å². The Kier molecular flexibility index (Phi) is 4.31. The quantitative estimate of drug-likeness (QED) is 0.852. The third-order valence-corrected chi connectivity index (χ3v) is 3.63. The molecule has 1 aromatic rings. The zero-order valence-electron chi connectivity index (χ0n) is 11.0. The minimum Gasteiger partial charge on any atom is -0.493 e. The summed E-state index contributed by atoms with van der Waals surface area (Å²) in [4.78, 5) is 24.3.